The van der Waals surface area contributed by atoms with Gasteiger partial charge in [-0.3, -0.25) is 14.7 Å². The Morgan fingerprint density at radius 3 is 2.97 bits per heavy atom. The maximum Gasteiger partial charge on any atom is 0.245 e. The minimum absolute atomic E-state index is 0.0200. The van der Waals surface area contributed by atoms with Crippen molar-refractivity contribution in [1.82, 2.24) is 15.5 Å². The smallest absolute Gasteiger partial charge is 0.245 e. The number of methoxy groups -OCH3 is 1. The van der Waals surface area contributed by atoms with Crippen molar-refractivity contribution in [2.75, 3.05) is 39.7 Å². The minimum Gasteiger partial charge on any atom is -0.501 e. The third-order valence-electron chi connectivity index (χ3n) is 5.09. The Morgan fingerprint density at radius 2 is 2.32 bits per heavy atom. The molecule has 0 spiro atoms. The quantitative estimate of drug-likeness (QED) is 0.245. The molecule has 1 aliphatic heterocycles. The Kier molecular flexibility index (Phi) is 10.6. The van der Waals surface area contributed by atoms with Crippen LogP contribution in [0.3, 0.4) is 0 Å². The Hall–Kier alpha value is -1.80. The van der Waals surface area contributed by atoms with Crippen LogP contribution in [0.15, 0.2) is 52.8 Å². The molecule has 0 aromatic heterocycles. The van der Waals surface area contributed by atoms with Gasteiger partial charge in [-0.05, 0) is 23.6 Å². The summed E-state index contributed by atoms with van der Waals surface area (Å²) in [6.45, 7) is 4.98. The molecule has 9 heteroatoms. The highest BCUT2D eigenvalue weighted by atomic mass is 35.5. The van der Waals surface area contributed by atoms with Gasteiger partial charge in [0.15, 0.2) is 0 Å². The Morgan fingerprint density at radius 1 is 1.55 bits per heavy atom. The molecule has 0 aromatic carbocycles. The van der Waals surface area contributed by atoms with E-state index >= 15 is 0 Å². The van der Waals surface area contributed by atoms with Crippen LogP contribution in [0.5, 0.6) is 0 Å². The molecule has 0 saturated carbocycles. The van der Waals surface area contributed by atoms with Crippen LogP contribution in [-0.4, -0.2) is 79.1 Å². The van der Waals surface area contributed by atoms with Crippen LogP contribution in [-0.2, 0) is 9.53 Å². The second-order valence-corrected chi connectivity index (χ2v) is 8.28. The lowest BCUT2D eigenvalue weighted by Gasteiger charge is -2.29. The molecule has 2 rings (SSSR count). The molecule has 172 valence electrons. The average molecular weight is 471 g/mol. The Labute approximate surface area is 194 Å². The number of allylic oxidation sites excluding steroid dienone is 4. The van der Waals surface area contributed by atoms with Gasteiger partial charge in [-0.15, -0.1) is 23.2 Å². The maximum absolute atomic E-state index is 13.0. The summed E-state index contributed by atoms with van der Waals surface area (Å²) >= 11 is 12.1. The summed E-state index contributed by atoms with van der Waals surface area (Å²) in [4.78, 5) is 19.4. The van der Waals surface area contributed by atoms with Crippen molar-refractivity contribution in [3.63, 3.8) is 0 Å². The number of hydrogen-bond donors (Lipinski definition) is 3. The van der Waals surface area contributed by atoms with E-state index in [1.165, 1.54) is 0 Å². The third kappa shape index (κ3) is 7.38. The van der Waals surface area contributed by atoms with E-state index in [4.69, 9.17) is 33.0 Å². The Balaban J connectivity index is 2.27. The highest BCUT2D eigenvalue weighted by Crippen LogP contribution is 2.28. The number of nitrogens with zero attached hydrogens (tertiary/aromatic N) is 2. The number of alkyl halides is 2. The molecule has 2 aliphatic rings. The number of ether oxygens (including phenoxy) is 1. The highest BCUT2D eigenvalue weighted by molar-refractivity contribution is 6.22. The number of carbonyl (C=O) groups excluding carboxylic acids is 1. The number of amidine groups is 1. The number of halogens is 2. The molecular formula is C22H32Cl2N4O3. The van der Waals surface area contributed by atoms with E-state index in [1.807, 2.05) is 29.2 Å². The number of rotatable bonds is 11. The van der Waals surface area contributed by atoms with Crippen LogP contribution in [0, 0.1) is 0 Å². The fraction of sp³-hybridized carbons (Fsp3) is 0.545. The molecule has 0 radical (unpaired) electrons. The van der Waals surface area contributed by atoms with Crippen molar-refractivity contribution < 1.29 is 14.6 Å². The SMILES string of the molecule is C=C(C=CCCl)CN1C(CC2=CC(Cl)CC(OC)=C2)NC(=NC)C1C(=O)NCCCO. The first-order valence-electron chi connectivity index (χ1n) is 10.3. The van der Waals surface area contributed by atoms with Crippen molar-refractivity contribution in [1.29, 1.82) is 0 Å². The van der Waals surface area contributed by atoms with Gasteiger partial charge in [0, 0.05) is 45.5 Å². The fourth-order valence-electron chi connectivity index (χ4n) is 3.68. The summed E-state index contributed by atoms with van der Waals surface area (Å²) in [5.74, 6) is 1.65. The molecule has 1 amide bonds. The van der Waals surface area contributed by atoms with Crippen LogP contribution in [0.4, 0.5) is 0 Å². The summed E-state index contributed by atoms with van der Waals surface area (Å²) < 4.78 is 5.41. The van der Waals surface area contributed by atoms with Gasteiger partial charge < -0.3 is 20.5 Å². The van der Waals surface area contributed by atoms with Gasteiger partial charge in [0.05, 0.1) is 24.4 Å². The third-order valence-corrected chi connectivity index (χ3v) is 5.54. The Bertz CT molecular complexity index is 764. The summed E-state index contributed by atoms with van der Waals surface area (Å²) in [6, 6.07) is -0.586. The van der Waals surface area contributed by atoms with Crippen LogP contribution in [0.25, 0.3) is 0 Å². The zero-order valence-corrected chi connectivity index (χ0v) is 19.6. The second kappa shape index (κ2) is 12.9. The van der Waals surface area contributed by atoms with E-state index < -0.39 is 6.04 Å². The monoisotopic (exact) mass is 470 g/mol. The van der Waals surface area contributed by atoms with E-state index in [-0.39, 0.29) is 24.1 Å². The molecule has 7 nitrogen and oxygen atoms in total. The molecule has 1 saturated heterocycles. The van der Waals surface area contributed by atoms with Gasteiger partial charge in [-0.2, -0.15) is 0 Å². The molecule has 1 aliphatic carbocycles. The van der Waals surface area contributed by atoms with Crippen molar-refractivity contribution in [2.24, 2.45) is 4.99 Å². The van der Waals surface area contributed by atoms with E-state index in [0.29, 0.717) is 44.1 Å². The number of amides is 1. The van der Waals surface area contributed by atoms with Crippen LogP contribution >= 0.6 is 23.2 Å². The molecule has 3 unspecified atom stereocenters. The number of aliphatic imine (C=N–C) groups is 1. The van der Waals surface area contributed by atoms with E-state index in [0.717, 1.165) is 16.9 Å². The minimum atomic E-state index is -0.586. The molecule has 0 aromatic rings. The summed E-state index contributed by atoms with van der Waals surface area (Å²) in [5.41, 5.74) is 1.86. The molecular weight excluding hydrogens is 439 g/mol. The van der Waals surface area contributed by atoms with Crippen molar-refractivity contribution in [3.05, 3.63) is 47.8 Å². The first kappa shape index (κ1) is 25.5. The number of nitrogens with one attached hydrogen (secondary N) is 2. The normalized spacial score (nSPS) is 25.3. The van der Waals surface area contributed by atoms with Crippen LogP contribution in [0.2, 0.25) is 0 Å². The summed E-state index contributed by atoms with van der Waals surface area (Å²) in [5, 5.41) is 15.2. The molecule has 1 fully saturated rings. The molecule has 1 heterocycles. The lowest BCUT2D eigenvalue weighted by atomic mass is 10.0. The number of aliphatic hydroxyl groups excluding tert-OH is 1. The lowest BCUT2D eigenvalue weighted by Crippen LogP contribution is -2.49. The summed E-state index contributed by atoms with van der Waals surface area (Å²) in [6.07, 6.45) is 9.28. The van der Waals surface area contributed by atoms with Gasteiger partial charge in [-0.25, -0.2) is 0 Å². The van der Waals surface area contributed by atoms with E-state index in [1.54, 1.807) is 14.2 Å². The maximum atomic E-state index is 13.0. The highest BCUT2D eigenvalue weighted by Gasteiger charge is 2.42. The predicted molar refractivity (Wildman–Crippen MR) is 127 cm³/mol. The van der Waals surface area contributed by atoms with Gasteiger partial charge in [0.25, 0.3) is 0 Å². The van der Waals surface area contributed by atoms with Crippen molar-refractivity contribution in [2.45, 2.75) is 36.8 Å². The van der Waals surface area contributed by atoms with Gasteiger partial charge >= 0.3 is 0 Å². The summed E-state index contributed by atoms with van der Waals surface area (Å²) in [7, 11) is 3.30. The van der Waals surface area contributed by atoms with Crippen LogP contribution in [0.1, 0.15) is 19.3 Å². The van der Waals surface area contributed by atoms with Crippen molar-refractivity contribution >= 4 is 34.9 Å². The molecule has 3 atom stereocenters. The molecule has 31 heavy (non-hydrogen) atoms. The van der Waals surface area contributed by atoms with Gasteiger partial charge in [0.2, 0.25) is 5.91 Å². The topological polar surface area (TPSA) is 86.2 Å². The van der Waals surface area contributed by atoms with E-state index in [9.17, 15) is 4.79 Å². The average Bonchev–Trinajstić information content (AvgIpc) is 3.08. The van der Waals surface area contributed by atoms with Gasteiger partial charge in [-0.1, -0.05) is 24.8 Å². The number of hydrogen-bond acceptors (Lipinski definition) is 5. The molecule has 3 N–H and O–H groups in total. The zero-order chi connectivity index (χ0) is 22.8. The molecule has 0 bridgehead atoms. The number of carbonyl (C=O) groups is 1. The van der Waals surface area contributed by atoms with Gasteiger partial charge in [0.1, 0.15) is 11.9 Å². The standard InChI is InChI=1S/C22H32Cl2N4O3/c1-15(6-4-7-23)14-28-19(12-16-10-17(24)13-18(11-16)31-3)27-21(25-2)20(28)22(30)26-8-5-9-29/h4,6,10-11,17,19-20,29H,1,5,7-9,12-14H2,2-3H3,(H,25,27)(H,26,30). The van der Waals surface area contributed by atoms with Crippen LogP contribution < -0.4 is 10.6 Å². The largest absolute Gasteiger partial charge is 0.501 e. The van der Waals surface area contributed by atoms with Crippen molar-refractivity contribution in [3.8, 4) is 0 Å². The first-order valence-corrected chi connectivity index (χ1v) is 11.3. The number of aliphatic hydroxyl groups is 1. The zero-order valence-electron chi connectivity index (χ0n) is 18.1. The second-order valence-electron chi connectivity index (χ2n) is 7.41. The lowest BCUT2D eigenvalue weighted by molar-refractivity contribution is -0.124. The fourth-order valence-corrected chi connectivity index (χ4v) is 4.08. The van der Waals surface area contributed by atoms with E-state index in [2.05, 4.69) is 22.2 Å². The first-order chi connectivity index (χ1) is 14.9. The predicted octanol–water partition coefficient (Wildman–Crippen LogP) is 2.32.